The molecule has 4 heteroatoms. The molecule has 2 aromatic carbocycles. The molecule has 3 nitrogen and oxygen atoms in total. The zero-order chi connectivity index (χ0) is 15.9. The largest absolute Gasteiger partial charge is 0.462 e. The van der Waals surface area contributed by atoms with Crippen LogP contribution >= 0.6 is 11.8 Å². The van der Waals surface area contributed by atoms with Crippen molar-refractivity contribution in [3.05, 3.63) is 65.2 Å². The van der Waals surface area contributed by atoms with Crippen LogP contribution in [0, 0.1) is 0 Å². The Labute approximate surface area is 134 Å². The van der Waals surface area contributed by atoms with Gasteiger partial charge in [-0.1, -0.05) is 24.3 Å². The van der Waals surface area contributed by atoms with E-state index in [1.165, 1.54) is 0 Å². The third kappa shape index (κ3) is 4.46. The van der Waals surface area contributed by atoms with E-state index in [9.17, 15) is 9.59 Å². The van der Waals surface area contributed by atoms with Gasteiger partial charge in [0.15, 0.2) is 5.78 Å². The van der Waals surface area contributed by atoms with E-state index >= 15 is 0 Å². The van der Waals surface area contributed by atoms with Crippen molar-refractivity contribution in [2.75, 3.05) is 6.61 Å². The summed E-state index contributed by atoms with van der Waals surface area (Å²) in [4.78, 5) is 24.0. The van der Waals surface area contributed by atoms with E-state index < -0.39 is 0 Å². The van der Waals surface area contributed by atoms with Crippen LogP contribution in [0.1, 0.15) is 40.1 Å². The fourth-order valence-electron chi connectivity index (χ4n) is 1.96. The lowest BCUT2D eigenvalue weighted by Crippen LogP contribution is -2.04. The van der Waals surface area contributed by atoms with Crippen LogP contribution in [0.15, 0.2) is 53.4 Å². The lowest BCUT2D eigenvalue weighted by Gasteiger charge is -2.06. The number of esters is 1. The summed E-state index contributed by atoms with van der Waals surface area (Å²) in [6.45, 7) is 3.73. The zero-order valence-electron chi connectivity index (χ0n) is 12.7. The summed E-state index contributed by atoms with van der Waals surface area (Å²) in [5.74, 6) is 0.533. The summed E-state index contributed by atoms with van der Waals surface area (Å²) in [5.41, 5.74) is 2.35. The van der Waals surface area contributed by atoms with E-state index in [1.54, 1.807) is 31.7 Å². The summed E-state index contributed by atoms with van der Waals surface area (Å²) in [5, 5.41) is 0. The lowest BCUT2D eigenvalue weighted by atomic mass is 10.1. The van der Waals surface area contributed by atoms with Crippen molar-refractivity contribution < 1.29 is 14.3 Å². The molecule has 0 radical (unpaired) electrons. The minimum Gasteiger partial charge on any atom is -0.462 e. The average Bonchev–Trinajstić information content (AvgIpc) is 2.54. The molecule has 2 aromatic rings. The summed E-state index contributed by atoms with van der Waals surface area (Å²) >= 11 is 1.66. The number of hydrogen-bond acceptors (Lipinski definition) is 4. The van der Waals surface area contributed by atoms with Gasteiger partial charge in [-0.3, -0.25) is 4.79 Å². The third-order valence-corrected chi connectivity index (χ3v) is 4.19. The van der Waals surface area contributed by atoms with Crippen molar-refractivity contribution in [3.63, 3.8) is 0 Å². The molecule has 0 saturated heterocycles. The Morgan fingerprint density at radius 3 is 2.41 bits per heavy atom. The van der Waals surface area contributed by atoms with Gasteiger partial charge in [0.25, 0.3) is 0 Å². The number of benzene rings is 2. The molecule has 0 atom stereocenters. The van der Waals surface area contributed by atoms with Crippen LogP contribution in [0.5, 0.6) is 0 Å². The third-order valence-electron chi connectivity index (χ3n) is 3.10. The molecular formula is C18H18O3S. The van der Waals surface area contributed by atoms with Gasteiger partial charge in [0.1, 0.15) is 0 Å². The van der Waals surface area contributed by atoms with Crippen molar-refractivity contribution in [2.45, 2.75) is 24.5 Å². The number of thioether (sulfide) groups is 1. The number of hydrogen-bond donors (Lipinski definition) is 0. The van der Waals surface area contributed by atoms with E-state index in [2.05, 4.69) is 0 Å². The lowest BCUT2D eigenvalue weighted by molar-refractivity contribution is 0.0526. The molecule has 114 valence electrons. The van der Waals surface area contributed by atoms with Gasteiger partial charge in [0, 0.05) is 16.2 Å². The molecule has 0 heterocycles. The highest BCUT2D eigenvalue weighted by Gasteiger charge is 2.07. The second-order valence-electron chi connectivity index (χ2n) is 4.79. The SMILES string of the molecule is CCOC(=O)c1cccc(CSc2ccc(C(C)=O)cc2)c1. The Morgan fingerprint density at radius 1 is 1.05 bits per heavy atom. The van der Waals surface area contributed by atoms with Gasteiger partial charge in [-0.15, -0.1) is 11.8 Å². The Bertz CT molecular complexity index is 662. The standard InChI is InChI=1S/C18H18O3S/c1-3-21-18(20)16-6-4-5-14(11-16)12-22-17-9-7-15(8-10-17)13(2)19/h4-11H,3,12H2,1-2H3. The summed E-state index contributed by atoms with van der Waals surface area (Å²) < 4.78 is 5.00. The highest BCUT2D eigenvalue weighted by atomic mass is 32.2. The van der Waals surface area contributed by atoms with Crippen LogP contribution in [-0.2, 0) is 10.5 Å². The van der Waals surface area contributed by atoms with E-state index in [0.717, 1.165) is 16.2 Å². The molecule has 0 aliphatic heterocycles. The molecule has 0 aliphatic rings. The quantitative estimate of drug-likeness (QED) is 0.451. The van der Waals surface area contributed by atoms with Crippen LogP contribution in [-0.4, -0.2) is 18.4 Å². The second-order valence-corrected chi connectivity index (χ2v) is 5.84. The van der Waals surface area contributed by atoms with E-state index in [0.29, 0.717) is 17.7 Å². The van der Waals surface area contributed by atoms with Crippen LogP contribution in [0.2, 0.25) is 0 Å². The topological polar surface area (TPSA) is 43.4 Å². The monoisotopic (exact) mass is 314 g/mol. The van der Waals surface area contributed by atoms with Crippen LogP contribution in [0.25, 0.3) is 0 Å². The van der Waals surface area contributed by atoms with Gasteiger partial charge in [0.2, 0.25) is 0 Å². The number of carbonyl (C=O) groups is 2. The Hall–Kier alpha value is -2.07. The van der Waals surface area contributed by atoms with Crippen molar-refractivity contribution in [1.29, 1.82) is 0 Å². The van der Waals surface area contributed by atoms with Crippen molar-refractivity contribution in [1.82, 2.24) is 0 Å². The molecule has 0 N–H and O–H groups in total. The second kappa shape index (κ2) is 7.80. The number of ether oxygens (including phenoxy) is 1. The van der Waals surface area contributed by atoms with Crippen LogP contribution < -0.4 is 0 Å². The highest BCUT2D eigenvalue weighted by molar-refractivity contribution is 7.98. The Kier molecular flexibility index (Phi) is 5.78. The van der Waals surface area contributed by atoms with Gasteiger partial charge in [0.05, 0.1) is 12.2 Å². The van der Waals surface area contributed by atoms with Crippen LogP contribution in [0.4, 0.5) is 0 Å². The van der Waals surface area contributed by atoms with Crippen molar-refractivity contribution in [2.24, 2.45) is 0 Å². The van der Waals surface area contributed by atoms with Crippen molar-refractivity contribution in [3.8, 4) is 0 Å². The first-order chi connectivity index (χ1) is 10.6. The van der Waals surface area contributed by atoms with Gasteiger partial charge >= 0.3 is 5.97 Å². The average molecular weight is 314 g/mol. The van der Waals surface area contributed by atoms with Crippen LogP contribution in [0.3, 0.4) is 0 Å². The molecule has 0 unspecified atom stereocenters. The highest BCUT2D eigenvalue weighted by Crippen LogP contribution is 2.23. The first-order valence-corrected chi connectivity index (χ1v) is 8.08. The molecule has 0 spiro atoms. The molecule has 0 bridgehead atoms. The molecule has 22 heavy (non-hydrogen) atoms. The van der Waals surface area contributed by atoms with E-state index in [-0.39, 0.29) is 11.8 Å². The normalized spacial score (nSPS) is 10.3. The molecular weight excluding hydrogens is 296 g/mol. The number of rotatable bonds is 6. The van der Waals surface area contributed by atoms with Crippen molar-refractivity contribution >= 4 is 23.5 Å². The maximum absolute atomic E-state index is 11.7. The number of Topliss-reactive ketones (excluding diaryl/α,β-unsaturated/α-hetero) is 1. The molecule has 0 aliphatic carbocycles. The number of carbonyl (C=O) groups excluding carboxylic acids is 2. The smallest absolute Gasteiger partial charge is 0.338 e. The first-order valence-electron chi connectivity index (χ1n) is 7.10. The predicted molar refractivity (Wildman–Crippen MR) is 88.4 cm³/mol. The Morgan fingerprint density at radius 2 is 1.77 bits per heavy atom. The summed E-state index contributed by atoms with van der Waals surface area (Å²) in [7, 11) is 0. The van der Waals surface area contributed by atoms with Gasteiger partial charge in [-0.05, 0) is 43.7 Å². The van der Waals surface area contributed by atoms with Gasteiger partial charge in [-0.25, -0.2) is 4.79 Å². The zero-order valence-corrected chi connectivity index (χ0v) is 13.5. The van der Waals surface area contributed by atoms with E-state index in [4.69, 9.17) is 4.74 Å². The minimum atomic E-state index is -0.292. The maximum Gasteiger partial charge on any atom is 0.338 e. The summed E-state index contributed by atoms with van der Waals surface area (Å²) in [6.07, 6.45) is 0. The Balaban J connectivity index is 2.00. The predicted octanol–water partition coefficient (Wildman–Crippen LogP) is 4.36. The van der Waals surface area contributed by atoms with Gasteiger partial charge < -0.3 is 4.74 Å². The molecule has 0 amide bonds. The first kappa shape index (κ1) is 16.3. The van der Waals surface area contributed by atoms with E-state index in [1.807, 2.05) is 42.5 Å². The molecule has 0 aromatic heterocycles. The van der Waals surface area contributed by atoms with Gasteiger partial charge in [-0.2, -0.15) is 0 Å². The maximum atomic E-state index is 11.7. The summed E-state index contributed by atoms with van der Waals surface area (Å²) in [6, 6.07) is 15.0. The number of ketones is 1. The molecule has 0 fully saturated rings. The fraction of sp³-hybridized carbons (Fsp3) is 0.222. The molecule has 2 rings (SSSR count). The minimum absolute atomic E-state index is 0.0682. The fourth-order valence-corrected chi connectivity index (χ4v) is 2.80. The molecule has 0 saturated carbocycles.